The first-order valence-electron chi connectivity index (χ1n) is 12.5. The number of nitrogens with zero attached hydrogens (tertiary/aromatic N) is 5. The Bertz CT molecular complexity index is 1280. The van der Waals surface area contributed by atoms with Crippen molar-refractivity contribution in [2.45, 2.75) is 31.9 Å². The van der Waals surface area contributed by atoms with Crippen molar-refractivity contribution in [3.63, 3.8) is 0 Å². The summed E-state index contributed by atoms with van der Waals surface area (Å²) in [5.41, 5.74) is 3.13. The normalized spacial score (nSPS) is 22.0. The molecule has 4 atom stereocenters. The van der Waals surface area contributed by atoms with Crippen LogP contribution in [-0.2, 0) is 29.7 Å². The lowest BCUT2D eigenvalue weighted by molar-refractivity contribution is -0.130. The highest BCUT2D eigenvalue weighted by Gasteiger charge is 2.60. The lowest BCUT2D eigenvalue weighted by atomic mass is 9.96. The molecule has 2 amide bonds. The maximum absolute atomic E-state index is 13.2. The summed E-state index contributed by atoms with van der Waals surface area (Å²) in [6, 6.07) is 11.5. The molecule has 2 aromatic heterocycles. The van der Waals surface area contributed by atoms with Crippen LogP contribution in [0.3, 0.4) is 0 Å². The summed E-state index contributed by atoms with van der Waals surface area (Å²) in [5, 5.41) is 12.3. The van der Waals surface area contributed by atoms with E-state index in [0.717, 1.165) is 29.8 Å². The second-order valence-corrected chi connectivity index (χ2v) is 10.2. The van der Waals surface area contributed by atoms with E-state index >= 15 is 0 Å². The van der Waals surface area contributed by atoms with Crippen LogP contribution in [0.25, 0.3) is 0 Å². The zero-order valence-corrected chi connectivity index (χ0v) is 22.0. The molecule has 1 N–H and O–H groups in total. The van der Waals surface area contributed by atoms with Crippen LogP contribution < -0.4 is 10.1 Å². The molecule has 37 heavy (non-hydrogen) atoms. The number of carbonyl (C=O) groups is 2. The fraction of sp³-hybridized carbons (Fsp3) is 0.481. The van der Waals surface area contributed by atoms with E-state index in [1.807, 2.05) is 49.1 Å². The number of hydrogen-bond acceptors (Lipinski definition) is 6. The smallest absolute Gasteiger partial charge is 0.275 e. The van der Waals surface area contributed by atoms with Gasteiger partial charge in [-0.25, -0.2) is 4.68 Å². The number of aromatic nitrogens is 4. The average Bonchev–Trinajstić information content (AvgIpc) is 3.21. The van der Waals surface area contributed by atoms with Crippen LogP contribution in [-0.4, -0.2) is 64.6 Å². The highest BCUT2D eigenvalue weighted by atomic mass is 16.5. The lowest BCUT2D eigenvalue weighted by Crippen LogP contribution is -2.25. The number of ether oxygens (including phenoxy) is 2. The highest BCUT2D eigenvalue weighted by Crippen LogP contribution is 2.62. The van der Waals surface area contributed by atoms with Gasteiger partial charge in [-0.15, -0.1) is 0 Å². The second-order valence-electron chi connectivity index (χ2n) is 10.2. The summed E-state index contributed by atoms with van der Waals surface area (Å²) in [4.78, 5) is 27.3. The number of aryl methyl sites for hydroxylation is 1. The van der Waals surface area contributed by atoms with Crippen molar-refractivity contribution >= 4 is 17.6 Å². The number of amides is 2. The molecule has 5 rings (SSSR count). The summed E-state index contributed by atoms with van der Waals surface area (Å²) in [7, 11) is 8.62. The zero-order chi connectivity index (χ0) is 26.3. The predicted molar refractivity (Wildman–Crippen MR) is 137 cm³/mol. The number of fused-ring (bicyclic) bond motifs is 1. The van der Waals surface area contributed by atoms with Crippen LogP contribution in [0.4, 0.5) is 5.82 Å². The number of rotatable bonds is 9. The van der Waals surface area contributed by atoms with Gasteiger partial charge in [0.2, 0.25) is 5.91 Å². The molecule has 2 fully saturated rings. The summed E-state index contributed by atoms with van der Waals surface area (Å²) in [6.07, 6.45) is 1.90. The topological polar surface area (TPSA) is 104 Å². The molecule has 2 saturated carbocycles. The predicted octanol–water partition coefficient (Wildman–Crippen LogP) is 2.90. The Morgan fingerprint density at radius 1 is 1.08 bits per heavy atom. The number of hydrogen-bond donors (Lipinski definition) is 1. The first-order valence-corrected chi connectivity index (χ1v) is 12.5. The van der Waals surface area contributed by atoms with Gasteiger partial charge in [0.25, 0.3) is 5.91 Å². The molecule has 10 heteroatoms. The van der Waals surface area contributed by atoms with E-state index in [4.69, 9.17) is 14.6 Å². The Morgan fingerprint density at radius 3 is 2.41 bits per heavy atom. The SMILES string of the molecule is COCc1cc(C(=O)Nc2cc([C@H]3C[C@@H]4[C@H](C3)[C@@H]4C(=O)N(C)C)nn2Cc2ccc(OC)cc2)n(C)n1. The Kier molecular flexibility index (Phi) is 6.76. The van der Waals surface area contributed by atoms with Gasteiger partial charge in [-0.2, -0.15) is 10.2 Å². The van der Waals surface area contributed by atoms with Gasteiger partial charge in [-0.1, -0.05) is 12.1 Å². The lowest BCUT2D eigenvalue weighted by Gasteiger charge is -2.15. The third-order valence-electron chi connectivity index (χ3n) is 7.58. The average molecular weight is 507 g/mol. The van der Waals surface area contributed by atoms with E-state index in [1.165, 1.54) is 0 Å². The maximum atomic E-state index is 13.2. The Balaban J connectivity index is 1.37. The molecule has 1 aromatic carbocycles. The molecule has 2 heterocycles. The number of benzene rings is 1. The molecule has 3 aromatic rings. The third kappa shape index (κ3) is 4.98. The van der Waals surface area contributed by atoms with Gasteiger partial charge in [0.1, 0.15) is 17.3 Å². The van der Waals surface area contributed by atoms with Gasteiger partial charge >= 0.3 is 0 Å². The van der Waals surface area contributed by atoms with Gasteiger partial charge in [0.05, 0.1) is 31.6 Å². The van der Waals surface area contributed by atoms with Crippen molar-refractivity contribution in [2.75, 3.05) is 33.6 Å². The van der Waals surface area contributed by atoms with Gasteiger partial charge < -0.3 is 19.7 Å². The summed E-state index contributed by atoms with van der Waals surface area (Å²) in [6.45, 7) is 0.837. The minimum atomic E-state index is -0.259. The number of methoxy groups -OCH3 is 2. The zero-order valence-electron chi connectivity index (χ0n) is 22.0. The molecule has 0 bridgehead atoms. The first kappa shape index (κ1) is 25.0. The Hall–Kier alpha value is -3.66. The molecule has 0 aliphatic heterocycles. The minimum absolute atomic E-state index is 0.151. The molecular formula is C27H34N6O4. The maximum Gasteiger partial charge on any atom is 0.275 e. The van der Waals surface area contributed by atoms with Crippen LogP contribution in [0.5, 0.6) is 5.75 Å². The quantitative estimate of drug-likeness (QED) is 0.479. The van der Waals surface area contributed by atoms with Crippen molar-refractivity contribution in [1.29, 1.82) is 0 Å². The molecule has 2 aliphatic carbocycles. The van der Waals surface area contributed by atoms with Gasteiger partial charge in [0.15, 0.2) is 0 Å². The van der Waals surface area contributed by atoms with E-state index in [9.17, 15) is 9.59 Å². The number of carbonyl (C=O) groups excluding carboxylic acids is 2. The molecule has 0 spiro atoms. The monoisotopic (exact) mass is 506 g/mol. The highest BCUT2D eigenvalue weighted by molar-refractivity contribution is 6.02. The van der Waals surface area contributed by atoms with Crippen molar-refractivity contribution < 1.29 is 19.1 Å². The van der Waals surface area contributed by atoms with E-state index in [1.54, 1.807) is 36.9 Å². The van der Waals surface area contributed by atoms with Crippen LogP contribution >= 0.6 is 0 Å². The van der Waals surface area contributed by atoms with Crippen molar-refractivity contribution in [1.82, 2.24) is 24.5 Å². The summed E-state index contributed by atoms with van der Waals surface area (Å²) >= 11 is 0. The van der Waals surface area contributed by atoms with Crippen molar-refractivity contribution in [3.05, 3.63) is 59.0 Å². The van der Waals surface area contributed by atoms with Crippen LogP contribution in [0.15, 0.2) is 36.4 Å². The molecule has 0 radical (unpaired) electrons. The largest absolute Gasteiger partial charge is 0.497 e. The molecular weight excluding hydrogens is 472 g/mol. The van der Waals surface area contributed by atoms with E-state index < -0.39 is 0 Å². The summed E-state index contributed by atoms with van der Waals surface area (Å²) < 4.78 is 13.8. The third-order valence-corrected chi connectivity index (χ3v) is 7.58. The van der Waals surface area contributed by atoms with Crippen LogP contribution in [0.1, 0.15) is 46.2 Å². The van der Waals surface area contributed by atoms with Gasteiger partial charge in [-0.05, 0) is 48.4 Å². The van der Waals surface area contributed by atoms with Crippen LogP contribution in [0, 0.1) is 17.8 Å². The van der Waals surface area contributed by atoms with Gasteiger partial charge in [-0.3, -0.25) is 14.3 Å². The fourth-order valence-corrected chi connectivity index (χ4v) is 5.65. The van der Waals surface area contributed by atoms with Gasteiger partial charge in [0, 0.05) is 46.2 Å². The standard InChI is InChI=1S/C27H34N6O4/c1-31(2)27(35)25-20-10-17(11-21(20)25)22-13-24(28-26(34)23-12-18(15-36-4)29-32(23)3)33(30-22)14-16-6-8-19(37-5)9-7-16/h6-9,12-13,17,20-21,25H,10-11,14-15H2,1-5H3,(H,28,34)/t17-,20+,21-,25+. The molecule has 0 saturated heterocycles. The van der Waals surface area contributed by atoms with Crippen molar-refractivity contribution in [3.8, 4) is 5.75 Å². The number of nitrogens with one attached hydrogen (secondary N) is 1. The van der Waals surface area contributed by atoms with E-state index in [0.29, 0.717) is 42.2 Å². The van der Waals surface area contributed by atoms with Crippen molar-refractivity contribution in [2.24, 2.45) is 24.8 Å². The molecule has 0 unspecified atom stereocenters. The minimum Gasteiger partial charge on any atom is -0.497 e. The molecule has 196 valence electrons. The van der Waals surface area contributed by atoms with Crippen LogP contribution in [0.2, 0.25) is 0 Å². The first-order chi connectivity index (χ1) is 17.8. The van der Waals surface area contributed by atoms with E-state index in [-0.39, 0.29) is 23.7 Å². The molecule has 2 aliphatic rings. The summed E-state index contributed by atoms with van der Waals surface area (Å²) in [5.74, 6) is 2.68. The Morgan fingerprint density at radius 2 is 1.78 bits per heavy atom. The fourth-order valence-electron chi connectivity index (χ4n) is 5.65. The van der Waals surface area contributed by atoms with E-state index in [2.05, 4.69) is 10.4 Å². The Labute approximate surface area is 216 Å². The second kappa shape index (κ2) is 10.0. The molecule has 10 nitrogen and oxygen atoms in total. The number of anilines is 1.